The SMILES string of the molecule is COCCN(CC(=O)N1N=C(c2ccc(OC)cc2OC)C[C@H]1c1ccccc1)C(=O)COC. The Morgan fingerprint density at radius 3 is 2.44 bits per heavy atom. The number of ether oxygens (including phenoxy) is 4. The van der Waals surface area contributed by atoms with E-state index in [0.717, 1.165) is 11.1 Å². The predicted molar refractivity (Wildman–Crippen MR) is 127 cm³/mol. The fourth-order valence-electron chi connectivity index (χ4n) is 3.82. The Kier molecular flexibility index (Phi) is 9.00. The van der Waals surface area contributed by atoms with Crippen LogP contribution >= 0.6 is 0 Å². The van der Waals surface area contributed by atoms with Crippen molar-refractivity contribution < 1.29 is 28.5 Å². The van der Waals surface area contributed by atoms with Gasteiger partial charge in [0, 0.05) is 38.8 Å². The lowest BCUT2D eigenvalue weighted by atomic mass is 9.98. The topological polar surface area (TPSA) is 89.9 Å². The fraction of sp³-hybridized carbons (Fsp3) is 0.400. The van der Waals surface area contributed by atoms with Gasteiger partial charge in [0.25, 0.3) is 5.91 Å². The summed E-state index contributed by atoms with van der Waals surface area (Å²) >= 11 is 0. The van der Waals surface area contributed by atoms with Gasteiger partial charge in [0.1, 0.15) is 24.7 Å². The molecule has 1 aliphatic heterocycles. The van der Waals surface area contributed by atoms with Crippen molar-refractivity contribution in [1.82, 2.24) is 9.91 Å². The number of amides is 2. The quantitative estimate of drug-likeness (QED) is 0.502. The lowest BCUT2D eigenvalue weighted by Gasteiger charge is -2.26. The highest BCUT2D eigenvalue weighted by molar-refractivity contribution is 6.05. The van der Waals surface area contributed by atoms with Gasteiger partial charge >= 0.3 is 0 Å². The van der Waals surface area contributed by atoms with Crippen LogP contribution in [0.3, 0.4) is 0 Å². The Balaban J connectivity index is 1.93. The third kappa shape index (κ3) is 5.92. The van der Waals surface area contributed by atoms with Gasteiger partial charge in [-0.2, -0.15) is 5.10 Å². The lowest BCUT2D eigenvalue weighted by Crippen LogP contribution is -2.44. The highest BCUT2D eigenvalue weighted by Gasteiger charge is 2.35. The second-order valence-electron chi connectivity index (χ2n) is 7.72. The minimum Gasteiger partial charge on any atom is -0.497 e. The van der Waals surface area contributed by atoms with E-state index in [1.165, 1.54) is 17.0 Å². The molecular formula is C25H31N3O6. The number of carbonyl (C=O) groups excluding carboxylic acids is 2. The van der Waals surface area contributed by atoms with Crippen molar-refractivity contribution in [3.05, 3.63) is 59.7 Å². The summed E-state index contributed by atoms with van der Waals surface area (Å²) in [6.07, 6.45) is 0.503. The maximum atomic E-state index is 13.4. The smallest absolute Gasteiger partial charge is 0.262 e. The monoisotopic (exact) mass is 469 g/mol. The molecular weight excluding hydrogens is 438 g/mol. The van der Waals surface area contributed by atoms with E-state index < -0.39 is 0 Å². The van der Waals surface area contributed by atoms with Crippen molar-refractivity contribution >= 4 is 17.5 Å². The molecule has 2 aromatic carbocycles. The Morgan fingerprint density at radius 1 is 1.03 bits per heavy atom. The van der Waals surface area contributed by atoms with Gasteiger partial charge in [-0.3, -0.25) is 9.59 Å². The number of methoxy groups -OCH3 is 4. The van der Waals surface area contributed by atoms with Crippen LogP contribution in [-0.4, -0.2) is 82.2 Å². The summed E-state index contributed by atoms with van der Waals surface area (Å²) in [5.41, 5.74) is 2.45. The van der Waals surface area contributed by atoms with E-state index in [0.29, 0.717) is 30.2 Å². The second-order valence-corrected chi connectivity index (χ2v) is 7.72. The summed E-state index contributed by atoms with van der Waals surface area (Å²) in [4.78, 5) is 27.4. The largest absolute Gasteiger partial charge is 0.497 e. The molecule has 1 atom stereocenters. The molecule has 0 radical (unpaired) electrons. The molecule has 0 saturated carbocycles. The maximum absolute atomic E-state index is 13.4. The molecule has 0 unspecified atom stereocenters. The fourth-order valence-corrected chi connectivity index (χ4v) is 3.82. The summed E-state index contributed by atoms with van der Waals surface area (Å²) in [6.45, 7) is 0.335. The van der Waals surface area contributed by atoms with Crippen LogP contribution in [-0.2, 0) is 19.1 Å². The van der Waals surface area contributed by atoms with Crippen molar-refractivity contribution in [2.45, 2.75) is 12.5 Å². The molecule has 3 rings (SSSR count). The molecule has 9 heteroatoms. The second kappa shape index (κ2) is 12.2. The minimum atomic E-state index is -0.308. The van der Waals surface area contributed by atoms with Gasteiger partial charge in [0.15, 0.2) is 0 Å². The van der Waals surface area contributed by atoms with E-state index >= 15 is 0 Å². The number of hydrogen-bond acceptors (Lipinski definition) is 7. The molecule has 0 saturated heterocycles. The first-order chi connectivity index (χ1) is 16.5. The Bertz CT molecular complexity index is 1010. The standard InChI is InChI=1S/C25H31N3O6/c1-31-13-12-27(25(30)17-32-2)16-24(29)28-22(18-8-6-5-7-9-18)15-21(26-28)20-11-10-19(33-3)14-23(20)34-4/h5-11,14,22H,12-13,15-17H2,1-4H3/t22-/m0/s1. The van der Waals surface area contributed by atoms with Crippen LogP contribution in [0.15, 0.2) is 53.6 Å². The van der Waals surface area contributed by atoms with Gasteiger partial charge in [-0.05, 0) is 17.7 Å². The Hall–Kier alpha value is -3.43. The molecule has 0 fully saturated rings. The average molecular weight is 470 g/mol. The third-order valence-electron chi connectivity index (χ3n) is 5.58. The first kappa shape index (κ1) is 25.2. The maximum Gasteiger partial charge on any atom is 0.262 e. The zero-order chi connectivity index (χ0) is 24.5. The van der Waals surface area contributed by atoms with E-state index in [9.17, 15) is 9.59 Å². The van der Waals surface area contributed by atoms with Crippen LogP contribution in [0.4, 0.5) is 0 Å². The highest BCUT2D eigenvalue weighted by atomic mass is 16.5. The zero-order valence-electron chi connectivity index (χ0n) is 20.0. The molecule has 0 N–H and O–H groups in total. The molecule has 34 heavy (non-hydrogen) atoms. The van der Waals surface area contributed by atoms with Crippen LogP contribution in [0.5, 0.6) is 11.5 Å². The molecule has 0 spiro atoms. The van der Waals surface area contributed by atoms with E-state index in [1.54, 1.807) is 27.4 Å². The number of hydrogen-bond donors (Lipinski definition) is 0. The van der Waals surface area contributed by atoms with E-state index in [-0.39, 0.29) is 37.6 Å². The van der Waals surface area contributed by atoms with Crippen molar-refractivity contribution in [3.8, 4) is 11.5 Å². The number of rotatable bonds is 11. The number of carbonyl (C=O) groups is 2. The van der Waals surface area contributed by atoms with Gasteiger partial charge in [0.05, 0.1) is 32.6 Å². The van der Waals surface area contributed by atoms with Crippen molar-refractivity contribution in [3.63, 3.8) is 0 Å². The van der Waals surface area contributed by atoms with Gasteiger partial charge < -0.3 is 23.8 Å². The average Bonchev–Trinajstić information content (AvgIpc) is 3.32. The van der Waals surface area contributed by atoms with E-state index in [2.05, 4.69) is 0 Å². The molecule has 1 aliphatic rings. The van der Waals surface area contributed by atoms with Crippen molar-refractivity contribution in [2.75, 3.05) is 54.7 Å². The molecule has 2 amide bonds. The summed E-state index contributed by atoms with van der Waals surface area (Å²) in [5.74, 6) is 0.689. The van der Waals surface area contributed by atoms with E-state index in [4.69, 9.17) is 24.0 Å². The predicted octanol–water partition coefficient (Wildman–Crippen LogP) is 2.50. The molecule has 0 bridgehead atoms. The normalized spacial score (nSPS) is 15.1. The first-order valence-electron chi connectivity index (χ1n) is 10.9. The van der Waals surface area contributed by atoms with Crippen LogP contribution in [0.2, 0.25) is 0 Å². The Labute approximate surface area is 199 Å². The van der Waals surface area contributed by atoms with Gasteiger partial charge in [-0.1, -0.05) is 30.3 Å². The molecule has 182 valence electrons. The van der Waals surface area contributed by atoms with Crippen LogP contribution in [0.25, 0.3) is 0 Å². The number of hydrazone groups is 1. The molecule has 1 heterocycles. The minimum absolute atomic E-state index is 0.114. The molecule has 0 aliphatic carbocycles. The third-order valence-corrected chi connectivity index (χ3v) is 5.58. The number of nitrogens with zero attached hydrogens (tertiary/aromatic N) is 3. The van der Waals surface area contributed by atoms with Crippen molar-refractivity contribution in [2.24, 2.45) is 5.10 Å². The van der Waals surface area contributed by atoms with Crippen LogP contribution in [0.1, 0.15) is 23.6 Å². The zero-order valence-corrected chi connectivity index (χ0v) is 20.0. The molecule has 2 aromatic rings. The van der Waals surface area contributed by atoms with Gasteiger partial charge in [-0.15, -0.1) is 0 Å². The summed E-state index contributed by atoms with van der Waals surface area (Å²) in [7, 11) is 6.17. The van der Waals surface area contributed by atoms with E-state index in [1.807, 2.05) is 42.5 Å². The van der Waals surface area contributed by atoms with Gasteiger partial charge in [0.2, 0.25) is 5.91 Å². The van der Waals surface area contributed by atoms with Crippen molar-refractivity contribution in [1.29, 1.82) is 0 Å². The molecule has 0 aromatic heterocycles. The van der Waals surface area contributed by atoms with Crippen LogP contribution in [0, 0.1) is 0 Å². The summed E-state index contributed by atoms with van der Waals surface area (Å²) < 4.78 is 20.9. The Morgan fingerprint density at radius 2 is 1.79 bits per heavy atom. The summed E-state index contributed by atoms with van der Waals surface area (Å²) in [6, 6.07) is 14.9. The number of benzene rings is 2. The summed E-state index contributed by atoms with van der Waals surface area (Å²) in [5, 5.41) is 6.16. The highest BCUT2D eigenvalue weighted by Crippen LogP contribution is 2.36. The lowest BCUT2D eigenvalue weighted by molar-refractivity contribution is -0.144. The molecule has 9 nitrogen and oxygen atoms in total. The van der Waals surface area contributed by atoms with Crippen LogP contribution < -0.4 is 9.47 Å². The van der Waals surface area contributed by atoms with Gasteiger partial charge in [-0.25, -0.2) is 5.01 Å². The first-order valence-corrected chi connectivity index (χ1v) is 10.9.